The van der Waals surface area contributed by atoms with E-state index in [0.717, 1.165) is 0 Å². The van der Waals surface area contributed by atoms with E-state index < -0.39 is 17.8 Å². The van der Waals surface area contributed by atoms with E-state index in [0.29, 0.717) is 10.0 Å². The zero-order valence-electron chi connectivity index (χ0n) is 11.6. The lowest BCUT2D eigenvalue weighted by Crippen LogP contribution is -2.07. The molecule has 0 heterocycles. The molecular weight excluding hydrogens is 355 g/mol. The second-order valence-electron chi connectivity index (χ2n) is 4.38. The standard InChI is InChI=1S/C16H12BrFO4/c1-21-15(19)10-2-4-11(5-3-10)16(20)22-9-12-6-7-13(17)8-14(12)18/h2-8H,9H2,1H3. The molecule has 0 atom stereocenters. The molecule has 6 heteroatoms. The summed E-state index contributed by atoms with van der Waals surface area (Å²) in [5.74, 6) is -1.54. The fraction of sp³-hybridized carbons (Fsp3) is 0.125. The van der Waals surface area contributed by atoms with Crippen LogP contribution < -0.4 is 0 Å². The Morgan fingerprint density at radius 1 is 1.05 bits per heavy atom. The first-order valence-corrected chi connectivity index (χ1v) is 7.10. The minimum absolute atomic E-state index is 0.170. The highest BCUT2D eigenvalue weighted by atomic mass is 79.9. The van der Waals surface area contributed by atoms with Crippen molar-refractivity contribution >= 4 is 27.9 Å². The number of ether oxygens (including phenoxy) is 2. The van der Waals surface area contributed by atoms with Gasteiger partial charge in [-0.2, -0.15) is 0 Å². The second-order valence-corrected chi connectivity index (χ2v) is 5.30. The number of methoxy groups -OCH3 is 1. The average molecular weight is 367 g/mol. The van der Waals surface area contributed by atoms with Crippen LogP contribution in [-0.2, 0) is 16.1 Å². The van der Waals surface area contributed by atoms with E-state index in [-0.39, 0.29) is 17.7 Å². The first-order chi connectivity index (χ1) is 10.5. The molecule has 114 valence electrons. The number of carbonyl (C=O) groups is 2. The Kier molecular flexibility index (Phi) is 5.27. The number of hydrogen-bond acceptors (Lipinski definition) is 4. The number of esters is 2. The predicted molar refractivity (Wildman–Crippen MR) is 81.0 cm³/mol. The van der Waals surface area contributed by atoms with Gasteiger partial charge in [-0.05, 0) is 36.4 Å². The predicted octanol–water partition coefficient (Wildman–Crippen LogP) is 3.73. The van der Waals surface area contributed by atoms with Crippen LogP contribution in [0.4, 0.5) is 4.39 Å². The zero-order chi connectivity index (χ0) is 16.1. The van der Waals surface area contributed by atoms with Crippen molar-refractivity contribution in [3.8, 4) is 0 Å². The number of benzene rings is 2. The smallest absolute Gasteiger partial charge is 0.338 e. The highest BCUT2D eigenvalue weighted by molar-refractivity contribution is 9.10. The minimum atomic E-state index is -0.598. The van der Waals surface area contributed by atoms with Gasteiger partial charge in [0.15, 0.2) is 0 Å². The average Bonchev–Trinajstić information content (AvgIpc) is 2.53. The van der Waals surface area contributed by atoms with Crippen LogP contribution in [-0.4, -0.2) is 19.0 Å². The Bertz CT molecular complexity index is 698. The molecule has 0 N–H and O–H groups in total. The van der Waals surface area contributed by atoms with Gasteiger partial charge in [0.25, 0.3) is 0 Å². The highest BCUT2D eigenvalue weighted by Crippen LogP contribution is 2.16. The van der Waals surface area contributed by atoms with E-state index in [1.165, 1.54) is 43.5 Å². The maximum Gasteiger partial charge on any atom is 0.338 e. The lowest BCUT2D eigenvalue weighted by atomic mass is 10.1. The molecule has 0 spiro atoms. The summed E-state index contributed by atoms with van der Waals surface area (Å²) in [4.78, 5) is 23.2. The third-order valence-electron chi connectivity index (χ3n) is 2.92. The van der Waals surface area contributed by atoms with Crippen molar-refractivity contribution in [1.29, 1.82) is 0 Å². The van der Waals surface area contributed by atoms with Gasteiger partial charge in [0, 0.05) is 10.0 Å². The molecule has 22 heavy (non-hydrogen) atoms. The van der Waals surface area contributed by atoms with Crippen LogP contribution in [0.3, 0.4) is 0 Å². The van der Waals surface area contributed by atoms with E-state index in [1.54, 1.807) is 6.07 Å². The molecule has 0 aromatic heterocycles. The lowest BCUT2D eigenvalue weighted by molar-refractivity contribution is 0.0467. The maximum absolute atomic E-state index is 13.6. The van der Waals surface area contributed by atoms with E-state index in [1.807, 2.05) is 0 Å². The molecule has 2 aromatic rings. The van der Waals surface area contributed by atoms with Gasteiger partial charge in [-0.25, -0.2) is 14.0 Å². The normalized spacial score (nSPS) is 10.1. The summed E-state index contributed by atoms with van der Waals surface area (Å²) >= 11 is 3.15. The largest absolute Gasteiger partial charge is 0.465 e. The van der Waals surface area contributed by atoms with E-state index in [4.69, 9.17) is 4.74 Å². The summed E-state index contributed by atoms with van der Waals surface area (Å²) < 4.78 is 23.8. The molecule has 0 aliphatic carbocycles. The van der Waals surface area contributed by atoms with Crippen LogP contribution in [0.1, 0.15) is 26.3 Å². The van der Waals surface area contributed by atoms with Gasteiger partial charge in [-0.15, -0.1) is 0 Å². The first kappa shape index (κ1) is 16.2. The fourth-order valence-corrected chi connectivity index (χ4v) is 2.06. The van der Waals surface area contributed by atoms with Crippen LogP contribution in [0.25, 0.3) is 0 Å². The summed E-state index contributed by atoms with van der Waals surface area (Å²) in [7, 11) is 1.28. The van der Waals surface area contributed by atoms with E-state index >= 15 is 0 Å². The summed E-state index contributed by atoms with van der Waals surface area (Å²) in [5.41, 5.74) is 0.880. The third kappa shape index (κ3) is 3.92. The Labute approximate surface area is 135 Å². The van der Waals surface area contributed by atoms with E-state index in [2.05, 4.69) is 20.7 Å². The van der Waals surface area contributed by atoms with Gasteiger partial charge in [-0.1, -0.05) is 22.0 Å². The quantitative estimate of drug-likeness (QED) is 0.773. The Hall–Kier alpha value is -2.21. The van der Waals surface area contributed by atoms with Gasteiger partial charge >= 0.3 is 11.9 Å². The van der Waals surface area contributed by atoms with Crippen LogP contribution in [0.15, 0.2) is 46.9 Å². The molecule has 0 saturated heterocycles. The molecule has 0 aliphatic heterocycles. The van der Waals surface area contributed by atoms with Gasteiger partial charge < -0.3 is 9.47 Å². The molecule has 2 rings (SSSR count). The van der Waals surface area contributed by atoms with Crippen molar-refractivity contribution in [2.45, 2.75) is 6.61 Å². The Morgan fingerprint density at radius 2 is 1.64 bits per heavy atom. The van der Waals surface area contributed by atoms with Crippen LogP contribution in [0.2, 0.25) is 0 Å². The molecule has 0 radical (unpaired) electrons. The monoisotopic (exact) mass is 366 g/mol. The number of halogens is 2. The van der Waals surface area contributed by atoms with E-state index in [9.17, 15) is 14.0 Å². The summed E-state index contributed by atoms with van der Waals surface area (Å²) in [5, 5.41) is 0. The zero-order valence-corrected chi connectivity index (χ0v) is 13.2. The molecule has 0 fully saturated rings. The summed E-state index contributed by atoms with van der Waals surface area (Å²) in [6.45, 7) is -0.170. The molecule has 0 amide bonds. The third-order valence-corrected chi connectivity index (χ3v) is 3.41. The molecule has 0 unspecified atom stereocenters. The summed E-state index contributed by atoms with van der Waals surface area (Å²) in [6, 6.07) is 10.3. The molecule has 0 saturated carbocycles. The van der Waals surface area contributed by atoms with Crippen molar-refractivity contribution in [1.82, 2.24) is 0 Å². The van der Waals surface area contributed by atoms with Gasteiger partial charge in [-0.3, -0.25) is 0 Å². The number of carbonyl (C=O) groups excluding carboxylic acids is 2. The van der Waals surface area contributed by atoms with Crippen molar-refractivity contribution in [3.63, 3.8) is 0 Å². The fourth-order valence-electron chi connectivity index (χ4n) is 1.73. The molecule has 0 aliphatic rings. The Morgan fingerprint density at radius 3 is 2.18 bits per heavy atom. The number of hydrogen-bond donors (Lipinski definition) is 0. The van der Waals surface area contributed by atoms with Crippen molar-refractivity contribution in [2.75, 3.05) is 7.11 Å². The Balaban J connectivity index is 2.01. The van der Waals surface area contributed by atoms with Crippen LogP contribution in [0, 0.1) is 5.82 Å². The van der Waals surface area contributed by atoms with Crippen molar-refractivity contribution in [2.24, 2.45) is 0 Å². The van der Waals surface area contributed by atoms with Crippen LogP contribution in [0.5, 0.6) is 0 Å². The molecule has 0 bridgehead atoms. The van der Waals surface area contributed by atoms with Gasteiger partial charge in [0.05, 0.1) is 18.2 Å². The highest BCUT2D eigenvalue weighted by Gasteiger charge is 2.11. The van der Waals surface area contributed by atoms with Crippen LogP contribution >= 0.6 is 15.9 Å². The van der Waals surface area contributed by atoms with Gasteiger partial charge in [0.1, 0.15) is 12.4 Å². The van der Waals surface area contributed by atoms with Gasteiger partial charge in [0.2, 0.25) is 0 Å². The molecular formula is C16H12BrFO4. The molecule has 4 nitrogen and oxygen atoms in total. The molecule has 2 aromatic carbocycles. The topological polar surface area (TPSA) is 52.6 Å². The van der Waals surface area contributed by atoms with Crippen molar-refractivity contribution < 1.29 is 23.5 Å². The first-order valence-electron chi connectivity index (χ1n) is 6.30. The van der Waals surface area contributed by atoms with Crippen molar-refractivity contribution in [3.05, 3.63) is 69.4 Å². The lowest BCUT2D eigenvalue weighted by Gasteiger charge is -2.07. The summed E-state index contributed by atoms with van der Waals surface area (Å²) in [6.07, 6.45) is 0. The number of rotatable bonds is 4. The second kappa shape index (κ2) is 7.17. The maximum atomic E-state index is 13.6. The SMILES string of the molecule is COC(=O)c1ccc(C(=O)OCc2ccc(Br)cc2F)cc1. The minimum Gasteiger partial charge on any atom is -0.465 e.